The number of anilines is 1. The second-order valence-corrected chi connectivity index (χ2v) is 7.70. The van der Waals surface area contributed by atoms with Crippen LogP contribution in [0.3, 0.4) is 0 Å². The maximum atomic E-state index is 12.5. The van der Waals surface area contributed by atoms with E-state index in [1.54, 1.807) is 0 Å². The number of aryl methyl sites for hydroxylation is 3. The molecule has 5 nitrogen and oxygen atoms in total. The van der Waals surface area contributed by atoms with E-state index >= 15 is 0 Å². The number of piperazine rings is 1. The van der Waals surface area contributed by atoms with Crippen LogP contribution in [0.2, 0.25) is 0 Å². The largest absolute Gasteiger partial charge is 0.391 e. The van der Waals surface area contributed by atoms with Crippen LogP contribution in [0.15, 0.2) is 12.1 Å². The van der Waals surface area contributed by atoms with Crippen LogP contribution >= 0.6 is 0 Å². The van der Waals surface area contributed by atoms with Gasteiger partial charge in [-0.05, 0) is 51.2 Å². The Labute approximate surface area is 151 Å². The van der Waals surface area contributed by atoms with Gasteiger partial charge < -0.3 is 10.4 Å². The number of nitrogens with zero attached hydrogens (tertiary/aromatic N) is 2. The van der Waals surface area contributed by atoms with Gasteiger partial charge in [-0.2, -0.15) is 0 Å². The number of rotatable bonds is 4. The maximum Gasteiger partial charge on any atom is 0.238 e. The monoisotopic (exact) mass is 345 g/mol. The Bertz CT molecular complexity index is 600. The highest BCUT2D eigenvalue weighted by Gasteiger charge is 2.32. The van der Waals surface area contributed by atoms with E-state index in [0.717, 1.165) is 62.3 Å². The van der Waals surface area contributed by atoms with E-state index in [1.807, 2.05) is 13.8 Å². The molecule has 25 heavy (non-hydrogen) atoms. The van der Waals surface area contributed by atoms with Crippen LogP contribution < -0.4 is 5.32 Å². The molecule has 1 amide bonds. The van der Waals surface area contributed by atoms with Gasteiger partial charge >= 0.3 is 0 Å². The molecule has 138 valence electrons. The Kier molecular flexibility index (Phi) is 5.77. The van der Waals surface area contributed by atoms with Crippen LogP contribution in [-0.2, 0) is 4.79 Å². The van der Waals surface area contributed by atoms with Crippen LogP contribution in [0.5, 0.6) is 0 Å². The number of carbonyl (C=O) groups is 1. The van der Waals surface area contributed by atoms with Crippen molar-refractivity contribution in [3.05, 3.63) is 28.8 Å². The van der Waals surface area contributed by atoms with Gasteiger partial charge in [0.15, 0.2) is 0 Å². The first kappa shape index (κ1) is 18.4. The second-order valence-electron chi connectivity index (χ2n) is 7.70. The molecular weight excluding hydrogens is 314 g/mol. The van der Waals surface area contributed by atoms with Gasteiger partial charge in [0.2, 0.25) is 5.91 Å². The number of aliphatic hydroxyl groups is 1. The second kappa shape index (κ2) is 7.85. The molecule has 0 bridgehead atoms. The topological polar surface area (TPSA) is 55.8 Å². The van der Waals surface area contributed by atoms with Crippen LogP contribution in [-0.4, -0.2) is 65.7 Å². The van der Waals surface area contributed by atoms with Crippen molar-refractivity contribution >= 4 is 11.6 Å². The summed E-state index contributed by atoms with van der Waals surface area (Å²) in [7, 11) is 0. The lowest BCUT2D eigenvalue weighted by atomic mass is 10.1. The summed E-state index contributed by atoms with van der Waals surface area (Å²) in [6.45, 7) is 10.3. The molecule has 1 saturated carbocycles. The van der Waals surface area contributed by atoms with Crippen molar-refractivity contribution < 1.29 is 9.90 Å². The first-order valence-corrected chi connectivity index (χ1v) is 9.46. The van der Waals surface area contributed by atoms with Crippen LogP contribution in [0.4, 0.5) is 5.69 Å². The molecule has 1 aliphatic carbocycles. The smallest absolute Gasteiger partial charge is 0.238 e. The van der Waals surface area contributed by atoms with Crippen molar-refractivity contribution in [2.75, 3.05) is 38.0 Å². The zero-order valence-corrected chi connectivity index (χ0v) is 15.7. The lowest BCUT2D eigenvalue weighted by Gasteiger charge is -2.38. The summed E-state index contributed by atoms with van der Waals surface area (Å²) in [4.78, 5) is 17.1. The Hall–Kier alpha value is -1.43. The van der Waals surface area contributed by atoms with E-state index in [1.165, 1.54) is 5.56 Å². The highest BCUT2D eigenvalue weighted by molar-refractivity contribution is 5.93. The fourth-order valence-corrected chi connectivity index (χ4v) is 4.36. The Morgan fingerprint density at radius 1 is 1.12 bits per heavy atom. The number of hydrogen-bond acceptors (Lipinski definition) is 4. The molecule has 3 rings (SSSR count). The van der Waals surface area contributed by atoms with Gasteiger partial charge in [0.25, 0.3) is 0 Å². The number of hydrogen-bond donors (Lipinski definition) is 2. The average molecular weight is 345 g/mol. The molecule has 1 heterocycles. The minimum absolute atomic E-state index is 0.0596. The van der Waals surface area contributed by atoms with Gasteiger partial charge in [-0.15, -0.1) is 0 Å². The van der Waals surface area contributed by atoms with E-state index in [-0.39, 0.29) is 12.0 Å². The van der Waals surface area contributed by atoms with Crippen LogP contribution in [0.25, 0.3) is 0 Å². The van der Waals surface area contributed by atoms with Gasteiger partial charge in [0, 0.05) is 37.9 Å². The number of nitrogens with one attached hydrogen (secondary N) is 1. The first-order valence-electron chi connectivity index (χ1n) is 9.46. The third-order valence-electron chi connectivity index (χ3n) is 5.63. The lowest BCUT2D eigenvalue weighted by Crippen LogP contribution is -2.53. The molecule has 1 aromatic rings. The molecule has 2 unspecified atom stereocenters. The fraction of sp³-hybridized carbons (Fsp3) is 0.650. The third kappa shape index (κ3) is 4.40. The minimum atomic E-state index is -0.165. The first-order chi connectivity index (χ1) is 11.9. The van der Waals surface area contributed by atoms with Gasteiger partial charge in [0.1, 0.15) is 0 Å². The van der Waals surface area contributed by atoms with Crippen molar-refractivity contribution in [3.8, 4) is 0 Å². The predicted molar refractivity (Wildman–Crippen MR) is 101 cm³/mol. The normalized spacial score (nSPS) is 25.3. The zero-order valence-electron chi connectivity index (χ0n) is 15.7. The summed E-state index contributed by atoms with van der Waals surface area (Å²) < 4.78 is 0. The Balaban J connectivity index is 1.50. The van der Waals surface area contributed by atoms with Crippen molar-refractivity contribution in [3.63, 3.8) is 0 Å². The van der Waals surface area contributed by atoms with Crippen LogP contribution in [0, 0.1) is 20.8 Å². The highest BCUT2D eigenvalue weighted by atomic mass is 16.3. The van der Waals surface area contributed by atoms with Crippen molar-refractivity contribution in [1.29, 1.82) is 0 Å². The lowest BCUT2D eigenvalue weighted by molar-refractivity contribution is -0.117. The summed E-state index contributed by atoms with van der Waals surface area (Å²) in [6, 6.07) is 4.54. The van der Waals surface area contributed by atoms with Crippen molar-refractivity contribution in [1.82, 2.24) is 9.80 Å². The number of carbonyl (C=O) groups excluding carboxylic acids is 1. The standard InChI is InChI=1S/C20H31N3O2/c1-14-11-15(2)20(16(3)12-14)21-19(25)13-22-7-9-23(10-8-22)17-5-4-6-18(17)24/h11-12,17-18,24H,4-10,13H2,1-3H3,(H,21,25). The molecule has 5 heteroatoms. The summed E-state index contributed by atoms with van der Waals surface area (Å²) >= 11 is 0. The maximum absolute atomic E-state index is 12.5. The molecule has 0 aromatic heterocycles. The van der Waals surface area contributed by atoms with Crippen molar-refractivity contribution in [2.45, 2.75) is 52.2 Å². The molecule has 2 aliphatic rings. The summed E-state index contributed by atoms with van der Waals surface area (Å²) in [6.07, 6.45) is 3.00. The summed E-state index contributed by atoms with van der Waals surface area (Å²) in [5.41, 5.74) is 4.40. The Morgan fingerprint density at radius 2 is 1.76 bits per heavy atom. The SMILES string of the molecule is Cc1cc(C)c(NC(=O)CN2CCN(C3CCCC3O)CC2)c(C)c1. The molecule has 0 radical (unpaired) electrons. The summed E-state index contributed by atoms with van der Waals surface area (Å²) in [5.74, 6) is 0.0596. The van der Waals surface area contributed by atoms with Gasteiger partial charge in [-0.3, -0.25) is 14.6 Å². The van der Waals surface area contributed by atoms with E-state index in [0.29, 0.717) is 12.6 Å². The van der Waals surface area contributed by atoms with Crippen LogP contribution in [0.1, 0.15) is 36.0 Å². The quantitative estimate of drug-likeness (QED) is 0.877. The summed E-state index contributed by atoms with van der Waals surface area (Å²) in [5, 5.41) is 13.2. The molecule has 1 saturated heterocycles. The molecule has 1 aromatic carbocycles. The molecule has 2 fully saturated rings. The predicted octanol–water partition coefficient (Wildman–Crippen LogP) is 2.08. The van der Waals surface area contributed by atoms with Crippen molar-refractivity contribution in [2.24, 2.45) is 0 Å². The van der Waals surface area contributed by atoms with Gasteiger partial charge in [-0.25, -0.2) is 0 Å². The fourth-order valence-electron chi connectivity index (χ4n) is 4.36. The minimum Gasteiger partial charge on any atom is -0.391 e. The Morgan fingerprint density at radius 3 is 2.32 bits per heavy atom. The highest BCUT2D eigenvalue weighted by Crippen LogP contribution is 2.25. The number of benzene rings is 1. The number of amides is 1. The van der Waals surface area contributed by atoms with Gasteiger partial charge in [-0.1, -0.05) is 17.7 Å². The van der Waals surface area contributed by atoms with Gasteiger partial charge in [0.05, 0.1) is 12.6 Å². The number of aliphatic hydroxyl groups excluding tert-OH is 1. The third-order valence-corrected chi connectivity index (χ3v) is 5.63. The molecule has 2 atom stereocenters. The van der Waals surface area contributed by atoms with E-state index in [2.05, 4.69) is 34.2 Å². The molecule has 0 spiro atoms. The molecule has 2 N–H and O–H groups in total. The molecular formula is C20H31N3O2. The van der Waals surface area contributed by atoms with E-state index < -0.39 is 0 Å². The van der Waals surface area contributed by atoms with E-state index in [9.17, 15) is 9.90 Å². The van der Waals surface area contributed by atoms with E-state index in [4.69, 9.17) is 0 Å². The molecule has 1 aliphatic heterocycles. The zero-order chi connectivity index (χ0) is 18.0. The average Bonchev–Trinajstić information content (AvgIpc) is 2.98.